The summed E-state index contributed by atoms with van der Waals surface area (Å²) in [5, 5.41) is 3.42. The highest BCUT2D eigenvalue weighted by Gasteiger charge is 2.34. The Morgan fingerprint density at radius 1 is 1.14 bits per heavy atom. The molecule has 3 rings (SSSR count). The van der Waals surface area contributed by atoms with Crippen molar-refractivity contribution in [2.75, 3.05) is 13.6 Å². The molecule has 0 aliphatic heterocycles. The Balaban J connectivity index is 1.73. The quantitative estimate of drug-likeness (QED) is 0.865. The van der Waals surface area contributed by atoms with Crippen LogP contribution < -0.4 is 5.32 Å². The van der Waals surface area contributed by atoms with Gasteiger partial charge in [-0.25, -0.2) is 0 Å². The summed E-state index contributed by atoms with van der Waals surface area (Å²) >= 11 is 0. The standard InChI is InChI=1S/C20H31N/c1-20(2)10-9-18(14-21-3)19(13-20)12-15-7-8-16-5-4-6-17(16)11-15/h7-8,11,18-19,21H,4-6,9-10,12-14H2,1-3H3. The SMILES string of the molecule is CNCC1CCC(C)(C)CC1Cc1ccc2c(c1)CCC2. The summed E-state index contributed by atoms with van der Waals surface area (Å²) in [5.41, 5.74) is 5.35. The number of rotatable bonds is 4. The van der Waals surface area contributed by atoms with Crippen molar-refractivity contribution >= 4 is 0 Å². The Hall–Kier alpha value is -0.820. The molecule has 116 valence electrons. The molecule has 0 heterocycles. The topological polar surface area (TPSA) is 12.0 Å². The minimum Gasteiger partial charge on any atom is -0.319 e. The molecule has 0 radical (unpaired) electrons. The smallest absolute Gasteiger partial charge is 0.00207 e. The fourth-order valence-electron chi connectivity index (χ4n) is 4.61. The highest BCUT2D eigenvalue weighted by molar-refractivity contribution is 5.35. The molecule has 0 saturated heterocycles. The van der Waals surface area contributed by atoms with Crippen molar-refractivity contribution in [3.63, 3.8) is 0 Å². The van der Waals surface area contributed by atoms with Crippen molar-refractivity contribution in [3.05, 3.63) is 34.9 Å². The fourth-order valence-corrected chi connectivity index (χ4v) is 4.61. The number of aryl methyl sites for hydroxylation is 2. The maximum absolute atomic E-state index is 3.42. The molecule has 1 aromatic rings. The number of hydrogen-bond acceptors (Lipinski definition) is 1. The van der Waals surface area contributed by atoms with Gasteiger partial charge >= 0.3 is 0 Å². The van der Waals surface area contributed by atoms with Crippen LogP contribution in [-0.4, -0.2) is 13.6 Å². The molecule has 1 heteroatoms. The van der Waals surface area contributed by atoms with Gasteiger partial charge in [0.25, 0.3) is 0 Å². The first-order valence-corrected chi connectivity index (χ1v) is 8.83. The minimum atomic E-state index is 0.533. The summed E-state index contributed by atoms with van der Waals surface area (Å²) in [6.45, 7) is 6.10. The third-order valence-corrected chi connectivity index (χ3v) is 5.80. The Labute approximate surface area is 130 Å². The Kier molecular flexibility index (Phi) is 4.40. The molecular weight excluding hydrogens is 254 g/mol. The highest BCUT2D eigenvalue weighted by Crippen LogP contribution is 2.43. The van der Waals surface area contributed by atoms with E-state index in [1.807, 2.05) is 0 Å². The molecule has 2 aliphatic carbocycles. The van der Waals surface area contributed by atoms with Crippen molar-refractivity contribution in [1.82, 2.24) is 5.32 Å². The highest BCUT2D eigenvalue weighted by atomic mass is 14.8. The van der Waals surface area contributed by atoms with Crippen LogP contribution in [0.15, 0.2) is 18.2 Å². The predicted molar refractivity (Wildman–Crippen MR) is 90.7 cm³/mol. The van der Waals surface area contributed by atoms with Gasteiger partial charge in [-0.2, -0.15) is 0 Å². The summed E-state index contributed by atoms with van der Waals surface area (Å²) in [7, 11) is 2.10. The Morgan fingerprint density at radius 3 is 2.76 bits per heavy atom. The second-order valence-corrected chi connectivity index (χ2v) is 8.15. The van der Waals surface area contributed by atoms with E-state index in [1.165, 1.54) is 51.5 Å². The van der Waals surface area contributed by atoms with Gasteiger partial charge in [-0.15, -0.1) is 0 Å². The third-order valence-electron chi connectivity index (χ3n) is 5.80. The van der Waals surface area contributed by atoms with Crippen LogP contribution in [0.5, 0.6) is 0 Å². The third kappa shape index (κ3) is 3.51. The van der Waals surface area contributed by atoms with E-state index in [0.717, 1.165) is 11.8 Å². The van der Waals surface area contributed by atoms with Crippen LogP contribution in [0.3, 0.4) is 0 Å². The van der Waals surface area contributed by atoms with E-state index >= 15 is 0 Å². The van der Waals surface area contributed by atoms with E-state index in [2.05, 4.69) is 44.4 Å². The first-order chi connectivity index (χ1) is 10.1. The molecule has 2 unspecified atom stereocenters. The van der Waals surface area contributed by atoms with Crippen molar-refractivity contribution in [1.29, 1.82) is 0 Å². The van der Waals surface area contributed by atoms with Crippen molar-refractivity contribution < 1.29 is 0 Å². The zero-order chi connectivity index (χ0) is 14.9. The lowest BCUT2D eigenvalue weighted by atomic mass is 9.65. The predicted octanol–water partition coefficient (Wildman–Crippen LogP) is 4.38. The lowest BCUT2D eigenvalue weighted by Gasteiger charge is -2.41. The van der Waals surface area contributed by atoms with Crippen LogP contribution >= 0.6 is 0 Å². The number of fused-ring (bicyclic) bond motifs is 1. The molecule has 2 atom stereocenters. The summed E-state index contributed by atoms with van der Waals surface area (Å²) < 4.78 is 0. The van der Waals surface area contributed by atoms with Crippen LogP contribution in [0.25, 0.3) is 0 Å². The van der Waals surface area contributed by atoms with E-state index in [4.69, 9.17) is 0 Å². The first kappa shape index (κ1) is 15.1. The van der Waals surface area contributed by atoms with Gasteiger partial charge in [0.15, 0.2) is 0 Å². The molecule has 0 amide bonds. The lowest BCUT2D eigenvalue weighted by Crippen LogP contribution is -2.36. The van der Waals surface area contributed by atoms with Gasteiger partial charge in [-0.05, 0) is 92.5 Å². The fraction of sp³-hybridized carbons (Fsp3) is 0.700. The molecule has 0 bridgehead atoms. The molecular formula is C20H31N. The summed E-state index contributed by atoms with van der Waals surface area (Å²) in [5.74, 6) is 1.71. The number of hydrogen-bond donors (Lipinski definition) is 1. The second kappa shape index (κ2) is 6.12. The molecule has 2 aliphatic rings. The van der Waals surface area contributed by atoms with Crippen LogP contribution in [0.2, 0.25) is 0 Å². The van der Waals surface area contributed by atoms with E-state index < -0.39 is 0 Å². The molecule has 1 nitrogen and oxygen atoms in total. The summed E-state index contributed by atoms with van der Waals surface area (Å²) in [6.07, 6.45) is 9.41. The second-order valence-electron chi connectivity index (χ2n) is 8.15. The average molecular weight is 285 g/mol. The largest absolute Gasteiger partial charge is 0.319 e. The van der Waals surface area contributed by atoms with Crippen LogP contribution in [-0.2, 0) is 19.3 Å². The van der Waals surface area contributed by atoms with Gasteiger partial charge in [0.1, 0.15) is 0 Å². The number of benzene rings is 1. The molecule has 1 fully saturated rings. The monoisotopic (exact) mass is 285 g/mol. The van der Waals surface area contributed by atoms with Crippen molar-refractivity contribution in [3.8, 4) is 0 Å². The van der Waals surface area contributed by atoms with Gasteiger partial charge in [0.05, 0.1) is 0 Å². The van der Waals surface area contributed by atoms with Gasteiger partial charge in [-0.1, -0.05) is 32.0 Å². The molecule has 1 N–H and O–H groups in total. The van der Waals surface area contributed by atoms with Gasteiger partial charge in [0, 0.05) is 0 Å². The molecule has 1 aromatic carbocycles. The van der Waals surface area contributed by atoms with Crippen LogP contribution in [0.4, 0.5) is 0 Å². The Bertz CT molecular complexity index is 489. The zero-order valence-electron chi connectivity index (χ0n) is 14.0. The van der Waals surface area contributed by atoms with E-state index in [9.17, 15) is 0 Å². The molecule has 0 aromatic heterocycles. The zero-order valence-corrected chi connectivity index (χ0v) is 14.0. The van der Waals surface area contributed by atoms with E-state index in [-0.39, 0.29) is 0 Å². The maximum atomic E-state index is 3.42. The van der Waals surface area contributed by atoms with Gasteiger partial charge < -0.3 is 5.32 Å². The van der Waals surface area contributed by atoms with Crippen molar-refractivity contribution in [2.24, 2.45) is 17.3 Å². The minimum absolute atomic E-state index is 0.533. The summed E-state index contributed by atoms with van der Waals surface area (Å²) in [4.78, 5) is 0. The van der Waals surface area contributed by atoms with E-state index in [1.54, 1.807) is 16.7 Å². The van der Waals surface area contributed by atoms with Crippen LogP contribution in [0, 0.1) is 17.3 Å². The average Bonchev–Trinajstić information content (AvgIpc) is 2.89. The first-order valence-electron chi connectivity index (χ1n) is 8.83. The van der Waals surface area contributed by atoms with Gasteiger partial charge in [0.2, 0.25) is 0 Å². The molecule has 21 heavy (non-hydrogen) atoms. The normalized spacial score (nSPS) is 27.6. The lowest BCUT2D eigenvalue weighted by molar-refractivity contribution is 0.117. The van der Waals surface area contributed by atoms with E-state index in [0.29, 0.717) is 5.41 Å². The Morgan fingerprint density at radius 2 is 1.95 bits per heavy atom. The molecule has 1 saturated carbocycles. The van der Waals surface area contributed by atoms with Gasteiger partial charge in [-0.3, -0.25) is 0 Å². The summed E-state index contributed by atoms with van der Waals surface area (Å²) in [6, 6.07) is 7.32. The number of nitrogens with one attached hydrogen (secondary N) is 1. The molecule has 0 spiro atoms. The maximum Gasteiger partial charge on any atom is -0.00207 e. The van der Waals surface area contributed by atoms with Crippen molar-refractivity contribution in [2.45, 2.75) is 58.8 Å². The van der Waals surface area contributed by atoms with Crippen LogP contribution in [0.1, 0.15) is 56.2 Å².